The average Bonchev–Trinajstić information content (AvgIpc) is 2.88. The molecule has 1 aliphatic rings. The van der Waals surface area contributed by atoms with Crippen LogP contribution in [0.25, 0.3) is 0 Å². The fraction of sp³-hybridized carbons (Fsp3) is 0.0769. The molecule has 6 nitrogen and oxygen atoms in total. The topological polar surface area (TPSA) is 92.1 Å². The van der Waals surface area contributed by atoms with Crippen molar-refractivity contribution in [2.24, 2.45) is 5.73 Å². The number of carbonyl (C=O) groups excluding carboxylic acids is 2. The quantitative estimate of drug-likeness (QED) is 0.628. The molecule has 2 amide bonds. The van der Waals surface area contributed by atoms with Gasteiger partial charge in [-0.15, -0.1) is 0 Å². The molecule has 0 fully saturated rings. The number of benzene rings is 1. The maximum atomic E-state index is 12.5. The zero-order valence-corrected chi connectivity index (χ0v) is 11.1. The highest BCUT2D eigenvalue weighted by Crippen LogP contribution is 2.26. The molecular formula is C13H10N4O2S. The van der Waals surface area contributed by atoms with Crippen LogP contribution in [0.3, 0.4) is 0 Å². The average molecular weight is 286 g/mol. The highest BCUT2D eigenvalue weighted by Gasteiger charge is 2.34. The van der Waals surface area contributed by atoms with E-state index in [2.05, 4.69) is 10.2 Å². The summed E-state index contributed by atoms with van der Waals surface area (Å²) in [5.41, 5.74) is 7.16. The highest BCUT2D eigenvalue weighted by molar-refractivity contribution is 7.80. The van der Waals surface area contributed by atoms with Gasteiger partial charge in [-0.1, -0.05) is 30.4 Å². The maximum absolute atomic E-state index is 12.5. The summed E-state index contributed by atoms with van der Waals surface area (Å²) in [5, 5.41) is 6.42. The Labute approximate surface area is 119 Å². The number of nitrogens with zero attached hydrogens (tertiary/aromatic N) is 2. The van der Waals surface area contributed by atoms with Crippen molar-refractivity contribution in [3.05, 3.63) is 47.2 Å². The van der Waals surface area contributed by atoms with Gasteiger partial charge in [-0.2, -0.15) is 5.10 Å². The fourth-order valence-electron chi connectivity index (χ4n) is 2.22. The molecule has 7 heteroatoms. The summed E-state index contributed by atoms with van der Waals surface area (Å²) < 4.78 is 0. The molecule has 1 aromatic heterocycles. The van der Waals surface area contributed by atoms with Gasteiger partial charge in [-0.25, -0.2) is 4.90 Å². The Morgan fingerprint density at radius 3 is 2.85 bits per heavy atom. The number of amides is 2. The molecule has 0 bridgehead atoms. The zero-order valence-electron chi connectivity index (χ0n) is 10.3. The Morgan fingerprint density at radius 2 is 2.10 bits per heavy atom. The SMILES string of the molecule is NC(=S)c1cn[nH]c1N1C(=O)Cc2ccccc2C1=O. The number of hydrogen-bond acceptors (Lipinski definition) is 4. The number of nitrogens with two attached hydrogens (primary N) is 1. The van der Waals surface area contributed by atoms with E-state index in [0.717, 1.165) is 10.5 Å². The van der Waals surface area contributed by atoms with Crippen LogP contribution in [0, 0.1) is 0 Å². The number of thiocarbonyl (C=S) groups is 1. The molecule has 3 N–H and O–H groups in total. The zero-order chi connectivity index (χ0) is 14.3. The second-order valence-electron chi connectivity index (χ2n) is 4.36. The summed E-state index contributed by atoms with van der Waals surface area (Å²) in [6.45, 7) is 0. The normalized spacial score (nSPS) is 14.3. The van der Waals surface area contributed by atoms with Gasteiger partial charge < -0.3 is 5.73 Å². The Morgan fingerprint density at radius 1 is 1.35 bits per heavy atom. The molecule has 1 aliphatic heterocycles. The van der Waals surface area contributed by atoms with E-state index >= 15 is 0 Å². The van der Waals surface area contributed by atoms with Crippen LogP contribution in [0.15, 0.2) is 30.5 Å². The van der Waals surface area contributed by atoms with Crippen molar-refractivity contribution in [1.29, 1.82) is 0 Å². The fourth-order valence-corrected chi connectivity index (χ4v) is 2.36. The summed E-state index contributed by atoms with van der Waals surface area (Å²) in [6.07, 6.45) is 1.55. The lowest BCUT2D eigenvalue weighted by Crippen LogP contribution is -2.43. The van der Waals surface area contributed by atoms with Crippen LogP contribution in [0.1, 0.15) is 21.5 Å². The number of aromatic nitrogens is 2. The van der Waals surface area contributed by atoms with Gasteiger partial charge in [0.1, 0.15) is 10.8 Å². The number of fused-ring (bicyclic) bond motifs is 1. The van der Waals surface area contributed by atoms with Gasteiger partial charge in [0, 0.05) is 5.56 Å². The van der Waals surface area contributed by atoms with E-state index in [1.165, 1.54) is 6.20 Å². The van der Waals surface area contributed by atoms with E-state index in [4.69, 9.17) is 18.0 Å². The van der Waals surface area contributed by atoms with Gasteiger partial charge in [-0.3, -0.25) is 14.7 Å². The molecule has 2 aromatic rings. The second kappa shape index (κ2) is 4.53. The smallest absolute Gasteiger partial charge is 0.266 e. The predicted molar refractivity (Wildman–Crippen MR) is 76.4 cm³/mol. The number of carbonyl (C=O) groups is 2. The van der Waals surface area contributed by atoms with Gasteiger partial charge in [0.05, 0.1) is 18.2 Å². The largest absolute Gasteiger partial charge is 0.389 e. The maximum Gasteiger partial charge on any atom is 0.266 e. The predicted octanol–water partition coefficient (Wildman–Crippen LogP) is 0.773. The Bertz CT molecular complexity index is 737. The summed E-state index contributed by atoms with van der Waals surface area (Å²) in [5.74, 6) is -0.518. The number of nitrogens with one attached hydrogen (secondary N) is 1. The first kappa shape index (κ1) is 12.5. The number of aromatic amines is 1. The van der Waals surface area contributed by atoms with Crippen LogP contribution in [-0.4, -0.2) is 27.0 Å². The van der Waals surface area contributed by atoms with Crippen LogP contribution >= 0.6 is 12.2 Å². The second-order valence-corrected chi connectivity index (χ2v) is 4.80. The van der Waals surface area contributed by atoms with Crippen molar-refractivity contribution in [2.45, 2.75) is 6.42 Å². The third-order valence-electron chi connectivity index (χ3n) is 3.15. The molecule has 0 saturated carbocycles. The van der Waals surface area contributed by atoms with Crippen LogP contribution in [0.4, 0.5) is 5.82 Å². The minimum absolute atomic E-state index is 0.0770. The van der Waals surface area contributed by atoms with Gasteiger partial charge in [0.15, 0.2) is 0 Å². The third kappa shape index (κ3) is 1.79. The van der Waals surface area contributed by atoms with Crippen LogP contribution in [0.2, 0.25) is 0 Å². The van der Waals surface area contributed by atoms with Gasteiger partial charge in [-0.05, 0) is 11.6 Å². The molecule has 0 radical (unpaired) electrons. The van der Waals surface area contributed by atoms with Crippen LogP contribution in [0.5, 0.6) is 0 Å². The molecule has 1 aromatic carbocycles. The van der Waals surface area contributed by atoms with Gasteiger partial charge in [0.2, 0.25) is 5.91 Å². The van der Waals surface area contributed by atoms with E-state index in [1.54, 1.807) is 24.3 Å². The number of imide groups is 1. The van der Waals surface area contributed by atoms with Crippen LogP contribution in [-0.2, 0) is 11.2 Å². The summed E-state index contributed by atoms with van der Waals surface area (Å²) >= 11 is 4.90. The Kier molecular flexibility index (Phi) is 2.83. The molecule has 0 atom stereocenters. The standard InChI is InChI=1S/C13H10N4O2S/c14-11(20)9-6-15-16-12(9)17-10(18)5-7-3-1-2-4-8(7)13(17)19/h1-4,6H,5H2,(H2,14,20)(H,15,16). The molecular weight excluding hydrogens is 276 g/mol. The van der Waals surface area contributed by atoms with Gasteiger partial charge in [0.25, 0.3) is 5.91 Å². The minimum atomic E-state index is -0.404. The van der Waals surface area contributed by atoms with Crippen LogP contribution < -0.4 is 10.6 Å². The Balaban J connectivity index is 2.11. The third-order valence-corrected chi connectivity index (χ3v) is 3.37. The van der Waals surface area contributed by atoms with E-state index in [0.29, 0.717) is 11.1 Å². The first-order valence-electron chi connectivity index (χ1n) is 5.88. The van der Waals surface area contributed by atoms with Crippen molar-refractivity contribution >= 4 is 34.8 Å². The molecule has 2 heterocycles. The number of anilines is 1. The molecule has 100 valence electrons. The molecule has 3 rings (SSSR count). The lowest BCUT2D eigenvalue weighted by Gasteiger charge is -2.26. The first-order valence-corrected chi connectivity index (χ1v) is 6.29. The van der Waals surface area contributed by atoms with E-state index in [-0.39, 0.29) is 23.1 Å². The molecule has 0 saturated heterocycles. The van der Waals surface area contributed by atoms with E-state index in [9.17, 15) is 9.59 Å². The lowest BCUT2D eigenvalue weighted by atomic mass is 9.98. The monoisotopic (exact) mass is 286 g/mol. The summed E-state index contributed by atoms with van der Waals surface area (Å²) in [7, 11) is 0. The lowest BCUT2D eigenvalue weighted by molar-refractivity contribution is -0.117. The molecule has 0 spiro atoms. The van der Waals surface area contributed by atoms with Crippen molar-refractivity contribution in [2.75, 3.05) is 4.90 Å². The van der Waals surface area contributed by atoms with Crippen molar-refractivity contribution in [3.8, 4) is 0 Å². The van der Waals surface area contributed by atoms with Crippen molar-refractivity contribution < 1.29 is 9.59 Å². The van der Waals surface area contributed by atoms with Crippen molar-refractivity contribution in [1.82, 2.24) is 10.2 Å². The molecule has 0 aliphatic carbocycles. The summed E-state index contributed by atoms with van der Waals surface area (Å²) in [6, 6.07) is 7.01. The molecule has 0 unspecified atom stereocenters. The number of H-pyrrole nitrogens is 1. The first-order chi connectivity index (χ1) is 9.59. The number of hydrogen-bond donors (Lipinski definition) is 2. The highest BCUT2D eigenvalue weighted by atomic mass is 32.1. The molecule has 20 heavy (non-hydrogen) atoms. The number of rotatable bonds is 2. The minimum Gasteiger partial charge on any atom is -0.389 e. The van der Waals surface area contributed by atoms with E-state index < -0.39 is 5.91 Å². The van der Waals surface area contributed by atoms with Crippen molar-refractivity contribution in [3.63, 3.8) is 0 Å². The van der Waals surface area contributed by atoms with Gasteiger partial charge >= 0.3 is 0 Å². The van der Waals surface area contributed by atoms with E-state index in [1.807, 2.05) is 0 Å². The Hall–Kier alpha value is -2.54. The summed E-state index contributed by atoms with van der Waals surface area (Å²) in [4.78, 5) is 25.8.